The summed E-state index contributed by atoms with van der Waals surface area (Å²) in [5.74, 6) is 1.07. The lowest BCUT2D eigenvalue weighted by atomic mass is 10.1. The molecule has 2 aromatic rings. The van der Waals surface area contributed by atoms with E-state index in [1.807, 2.05) is 30.3 Å². The highest BCUT2D eigenvalue weighted by Crippen LogP contribution is 2.08. The van der Waals surface area contributed by atoms with Gasteiger partial charge >= 0.3 is 0 Å². The second-order valence-corrected chi connectivity index (χ2v) is 5.23. The van der Waals surface area contributed by atoms with Gasteiger partial charge in [-0.05, 0) is 36.6 Å². The Hall–Kier alpha value is -2.43. The Bertz CT molecular complexity index is 567. The van der Waals surface area contributed by atoms with Crippen molar-refractivity contribution in [3.05, 3.63) is 48.2 Å². The van der Waals surface area contributed by atoms with Crippen LogP contribution in [0.25, 0.3) is 0 Å². The monoisotopic (exact) mass is 284 g/mol. The van der Waals surface area contributed by atoms with Crippen molar-refractivity contribution in [2.24, 2.45) is 5.92 Å². The maximum Gasteiger partial charge on any atom is 0.276 e. The van der Waals surface area contributed by atoms with Gasteiger partial charge < -0.3 is 10.6 Å². The number of aromatic nitrogens is 2. The molecule has 2 rings (SSSR count). The van der Waals surface area contributed by atoms with Crippen LogP contribution in [0.1, 0.15) is 30.8 Å². The smallest absolute Gasteiger partial charge is 0.276 e. The Morgan fingerprint density at radius 3 is 2.48 bits per heavy atom. The van der Waals surface area contributed by atoms with Crippen LogP contribution in [0, 0.1) is 5.92 Å². The van der Waals surface area contributed by atoms with Gasteiger partial charge in [0.2, 0.25) is 0 Å². The van der Waals surface area contributed by atoms with Gasteiger partial charge in [-0.2, -0.15) is 0 Å². The van der Waals surface area contributed by atoms with E-state index in [1.165, 1.54) is 0 Å². The lowest BCUT2D eigenvalue weighted by Crippen LogP contribution is -2.15. The maximum atomic E-state index is 12.0. The molecule has 1 amide bonds. The number of para-hydroxylation sites is 1. The third kappa shape index (κ3) is 4.87. The van der Waals surface area contributed by atoms with Crippen LogP contribution in [0.2, 0.25) is 0 Å². The van der Waals surface area contributed by atoms with Crippen molar-refractivity contribution in [2.45, 2.75) is 20.3 Å². The van der Waals surface area contributed by atoms with Gasteiger partial charge in [0.1, 0.15) is 5.82 Å². The maximum absolute atomic E-state index is 12.0. The molecule has 0 unspecified atom stereocenters. The fourth-order valence-corrected chi connectivity index (χ4v) is 1.75. The minimum atomic E-state index is -0.262. The van der Waals surface area contributed by atoms with Gasteiger partial charge in [-0.25, -0.2) is 0 Å². The molecule has 0 radical (unpaired) electrons. The highest BCUT2D eigenvalue weighted by atomic mass is 16.1. The zero-order chi connectivity index (χ0) is 15.1. The highest BCUT2D eigenvalue weighted by Gasteiger charge is 2.08. The van der Waals surface area contributed by atoms with Crippen molar-refractivity contribution in [1.82, 2.24) is 10.2 Å². The molecule has 5 nitrogen and oxygen atoms in total. The predicted molar refractivity (Wildman–Crippen MR) is 84.4 cm³/mol. The topological polar surface area (TPSA) is 66.9 Å². The van der Waals surface area contributed by atoms with Crippen LogP contribution in [-0.4, -0.2) is 22.6 Å². The van der Waals surface area contributed by atoms with E-state index in [0.717, 1.165) is 18.7 Å². The molecular formula is C16H20N4O. The number of amides is 1. The molecule has 1 aromatic carbocycles. The fraction of sp³-hybridized carbons (Fsp3) is 0.312. The van der Waals surface area contributed by atoms with Gasteiger partial charge in [0.05, 0.1) is 0 Å². The first-order valence-electron chi connectivity index (χ1n) is 7.09. The van der Waals surface area contributed by atoms with Crippen molar-refractivity contribution in [3.8, 4) is 0 Å². The summed E-state index contributed by atoms with van der Waals surface area (Å²) in [5.41, 5.74) is 1.04. The molecule has 1 aromatic heterocycles. The molecule has 0 aliphatic heterocycles. The number of carbonyl (C=O) groups excluding carboxylic acids is 1. The summed E-state index contributed by atoms with van der Waals surface area (Å²) in [6.45, 7) is 5.19. The SMILES string of the molecule is CC(C)CCNc1ccc(C(=O)Nc2ccccc2)nn1. The molecule has 110 valence electrons. The molecule has 0 spiro atoms. The summed E-state index contributed by atoms with van der Waals surface area (Å²) in [6, 6.07) is 12.7. The number of nitrogens with zero attached hydrogens (tertiary/aromatic N) is 2. The third-order valence-electron chi connectivity index (χ3n) is 2.96. The summed E-state index contributed by atoms with van der Waals surface area (Å²) in [7, 11) is 0. The van der Waals surface area contributed by atoms with E-state index < -0.39 is 0 Å². The molecule has 0 saturated carbocycles. The number of rotatable bonds is 6. The lowest BCUT2D eigenvalue weighted by Gasteiger charge is -2.07. The van der Waals surface area contributed by atoms with Crippen molar-refractivity contribution in [3.63, 3.8) is 0 Å². The first-order chi connectivity index (χ1) is 10.1. The number of hydrogen-bond acceptors (Lipinski definition) is 4. The molecule has 0 bridgehead atoms. The van der Waals surface area contributed by atoms with Gasteiger partial charge in [-0.1, -0.05) is 32.0 Å². The van der Waals surface area contributed by atoms with E-state index in [0.29, 0.717) is 17.4 Å². The largest absolute Gasteiger partial charge is 0.369 e. The zero-order valence-electron chi connectivity index (χ0n) is 12.3. The van der Waals surface area contributed by atoms with Crippen LogP contribution >= 0.6 is 0 Å². The molecular weight excluding hydrogens is 264 g/mol. The predicted octanol–water partition coefficient (Wildman–Crippen LogP) is 3.19. The van der Waals surface area contributed by atoms with Crippen LogP contribution in [0.5, 0.6) is 0 Å². The Labute approximate surface area is 124 Å². The van der Waals surface area contributed by atoms with E-state index in [2.05, 4.69) is 34.7 Å². The Morgan fingerprint density at radius 2 is 1.86 bits per heavy atom. The molecule has 0 fully saturated rings. The van der Waals surface area contributed by atoms with E-state index in [1.54, 1.807) is 12.1 Å². The second-order valence-electron chi connectivity index (χ2n) is 5.23. The lowest BCUT2D eigenvalue weighted by molar-refractivity contribution is 0.102. The first kappa shape index (κ1) is 15.0. The van der Waals surface area contributed by atoms with Crippen molar-refractivity contribution in [2.75, 3.05) is 17.2 Å². The summed E-state index contributed by atoms with van der Waals surface area (Å²) in [5, 5.41) is 13.9. The average molecular weight is 284 g/mol. The molecule has 21 heavy (non-hydrogen) atoms. The normalized spacial score (nSPS) is 10.4. The van der Waals surface area contributed by atoms with Gasteiger partial charge in [0.25, 0.3) is 5.91 Å². The molecule has 0 atom stereocenters. The number of nitrogens with one attached hydrogen (secondary N) is 2. The molecule has 2 N–H and O–H groups in total. The van der Waals surface area contributed by atoms with E-state index >= 15 is 0 Å². The zero-order valence-corrected chi connectivity index (χ0v) is 12.3. The average Bonchev–Trinajstić information content (AvgIpc) is 2.48. The number of hydrogen-bond donors (Lipinski definition) is 2. The quantitative estimate of drug-likeness (QED) is 0.855. The summed E-state index contributed by atoms with van der Waals surface area (Å²) < 4.78 is 0. The second kappa shape index (κ2) is 7.38. The minimum absolute atomic E-state index is 0.262. The van der Waals surface area contributed by atoms with E-state index in [9.17, 15) is 4.79 Å². The van der Waals surface area contributed by atoms with Gasteiger partial charge in [0, 0.05) is 12.2 Å². The van der Waals surface area contributed by atoms with Gasteiger partial charge in [-0.3, -0.25) is 4.79 Å². The Balaban J connectivity index is 1.91. The number of carbonyl (C=O) groups is 1. The third-order valence-corrected chi connectivity index (χ3v) is 2.96. The molecule has 0 aliphatic rings. The first-order valence-corrected chi connectivity index (χ1v) is 7.09. The summed E-state index contributed by atoms with van der Waals surface area (Å²) in [6.07, 6.45) is 1.07. The van der Waals surface area contributed by atoms with E-state index in [-0.39, 0.29) is 5.91 Å². The standard InChI is InChI=1S/C16H20N4O/c1-12(2)10-11-17-15-9-8-14(19-20-15)16(21)18-13-6-4-3-5-7-13/h3-9,12H,10-11H2,1-2H3,(H,17,20)(H,18,21). The van der Waals surface area contributed by atoms with Crippen molar-refractivity contribution < 1.29 is 4.79 Å². The fourth-order valence-electron chi connectivity index (χ4n) is 1.75. The highest BCUT2D eigenvalue weighted by molar-refractivity contribution is 6.02. The van der Waals surface area contributed by atoms with Crippen LogP contribution in [-0.2, 0) is 0 Å². The Morgan fingerprint density at radius 1 is 1.10 bits per heavy atom. The number of benzene rings is 1. The van der Waals surface area contributed by atoms with Gasteiger partial charge in [0.15, 0.2) is 5.69 Å². The van der Waals surface area contributed by atoms with Crippen LogP contribution in [0.4, 0.5) is 11.5 Å². The van der Waals surface area contributed by atoms with Crippen LogP contribution in [0.3, 0.4) is 0 Å². The van der Waals surface area contributed by atoms with Crippen molar-refractivity contribution in [1.29, 1.82) is 0 Å². The van der Waals surface area contributed by atoms with Crippen molar-refractivity contribution >= 4 is 17.4 Å². The molecule has 1 heterocycles. The molecule has 0 aliphatic carbocycles. The summed E-state index contributed by atoms with van der Waals surface area (Å²) in [4.78, 5) is 12.0. The molecule has 5 heteroatoms. The number of anilines is 2. The van der Waals surface area contributed by atoms with Gasteiger partial charge in [-0.15, -0.1) is 10.2 Å². The molecule has 0 saturated heterocycles. The van der Waals surface area contributed by atoms with Crippen LogP contribution < -0.4 is 10.6 Å². The van der Waals surface area contributed by atoms with Crippen LogP contribution in [0.15, 0.2) is 42.5 Å². The minimum Gasteiger partial charge on any atom is -0.369 e. The summed E-state index contributed by atoms with van der Waals surface area (Å²) >= 11 is 0. The Kier molecular flexibility index (Phi) is 5.26. The van der Waals surface area contributed by atoms with E-state index in [4.69, 9.17) is 0 Å².